The van der Waals surface area contributed by atoms with Crippen molar-refractivity contribution in [3.8, 4) is 16.9 Å². The molecular weight excluding hydrogens is 418 g/mol. The number of ether oxygens (including phenoxy) is 2. The Kier molecular flexibility index (Phi) is 5.65. The van der Waals surface area contributed by atoms with Crippen molar-refractivity contribution in [2.75, 3.05) is 25.0 Å². The molecule has 9 nitrogen and oxygen atoms in total. The van der Waals surface area contributed by atoms with Gasteiger partial charge in [-0.1, -0.05) is 0 Å². The van der Waals surface area contributed by atoms with E-state index in [9.17, 15) is 0 Å². The molecule has 4 aromatic rings. The zero-order valence-corrected chi connectivity index (χ0v) is 18.9. The first-order valence-electron chi connectivity index (χ1n) is 11.0. The Morgan fingerprint density at radius 1 is 1.24 bits per heavy atom. The van der Waals surface area contributed by atoms with Crippen molar-refractivity contribution in [3.63, 3.8) is 0 Å². The highest BCUT2D eigenvalue weighted by Crippen LogP contribution is 2.32. The predicted octanol–water partition coefficient (Wildman–Crippen LogP) is 3.38. The van der Waals surface area contributed by atoms with Crippen LogP contribution >= 0.6 is 0 Å². The van der Waals surface area contributed by atoms with E-state index in [-0.39, 0.29) is 11.7 Å². The Bertz CT molecular complexity index is 1260. The largest absolute Gasteiger partial charge is 0.489 e. The number of rotatable bonds is 6. The van der Waals surface area contributed by atoms with Crippen molar-refractivity contribution < 1.29 is 9.47 Å². The summed E-state index contributed by atoms with van der Waals surface area (Å²) in [5, 5.41) is 19.1. The van der Waals surface area contributed by atoms with Gasteiger partial charge in [0.05, 0.1) is 17.3 Å². The van der Waals surface area contributed by atoms with Gasteiger partial charge in [-0.15, -0.1) is 5.10 Å². The molecule has 1 fully saturated rings. The number of nitrogens with zero attached hydrogens (tertiary/aromatic N) is 5. The van der Waals surface area contributed by atoms with Gasteiger partial charge in [-0.2, -0.15) is 10.2 Å². The maximum atomic E-state index is 6.20. The molecule has 5 rings (SSSR count). The molecule has 1 atom stereocenters. The second-order valence-corrected chi connectivity index (χ2v) is 8.81. The number of morpholine rings is 1. The molecule has 0 radical (unpaired) electrons. The van der Waals surface area contributed by atoms with E-state index >= 15 is 0 Å². The van der Waals surface area contributed by atoms with Crippen molar-refractivity contribution >= 4 is 17.2 Å². The number of aromatic nitrogens is 5. The predicted molar refractivity (Wildman–Crippen MR) is 126 cm³/mol. The molecule has 0 aliphatic carbocycles. The van der Waals surface area contributed by atoms with E-state index in [1.807, 2.05) is 48.0 Å². The molecule has 0 spiro atoms. The maximum absolute atomic E-state index is 6.20. The molecule has 0 saturated carbocycles. The Labute approximate surface area is 192 Å². The standard InChI is InChI=1S/C24H27N7O2/c1-16-9-20(21(13-26-16)32-14-19-12-25-15-24(2,3)33-19)17-6-8-31-18(10-17)11-23(30-31)28-22-5-4-7-27-29-22/h4-11,13,19,25H,12,14-15H2,1-3H3,(H,28,29,30)/t19-/m0/s1. The van der Waals surface area contributed by atoms with Crippen molar-refractivity contribution in [2.45, 2.75) is 32.5 Å². The van der Waals surface area contributed by atoms with Crippen LogP contribution in [0, 0.1) is 6.92 Å². The van der Waals surface area contributed by atoms with Crippen LogP contribution in [0.5, 0.6) is 5.75 Å². The number of aryl methyl sites for hydroxylation is 1. The van der Waals surface area contributed by atoms with E-state index in [1.165, 1.54) is 0 Å². The topological polar surface area (TPSA) is 98.5 Å². The first-order chi connectivity index (χ1) is 15.9. The number of hydrogen-bond donors (Lipinski definition) is 2. The maximum Gasteiger partial charge on any atom is 0.154 e. The molecule has 1 aliphatic heterocycles. The van der Waals surface area contributed by atoms with Gasteiger partial charge >= 0.3 is 0 Å². The lowest BCUT2D eigenvalue weighted by Gasteiger charge is -2.36. The third-order valence-corrected chi connectivity index (χ3v) is 5.44. The van der Waals surface area contributed by atoms with Gasteiger partial charge < -0.3 is 20.1 Å². The van der Waals surface area contributed by atoms with Crippen LogP contribution in [-0.4, -0.2) is 56.2 Å². The summed E-state index contributed by atoms with van der Waals surface area (Å²) in [6, 6.07) is 11.8. The molecule has 2 N–H and O–H groups in total. The average Bonchev–Trinajstić information content (AvgIpc) is 3.19. The minimum atomic E-state index is -0.204. The fraction of sp³-hybridized carbons (Fsp3) is 0.333. The van der Waals surface area contributed by atoms with Gasteiger partial charge in [-0.3, -0.25) is 4.98 Å². The second-order valence-electron chi connectivity index (χ2n) is 8.81. The Hall–Kier alpha value is -3.56. The van der Waals surface area contributed by atoms with Gasteiger partial charge in [0.1, 0.15) is 18.5 Å². The number of hydrogen-bond acceptors (Lipinski definition) is 8. The summed E-state index contributed by atoms with van der Waals surface area (Å²) in [7, 11) is 0. The number of pyridine rings is 2. The van der Waals surface area contributed by atoms with Gasteiger partial charge in [0.25, 0.3) is 0 Å². The smallest absolute Gasteiger partial charge is 0.154 e. The summed E-state index contributed by atoms with van der Waals surface area (Å²) in [6.45, 7) is 8.19. The Morgan fingerprint density at radius 2 is 2.15 bits per heavy atom. The van der Waals surface area contributed by atoms with E-state index < -0.39 is 0 Å². The molecule has 1 saturated heterocycles. The van der Waals surface area contributed by atoms with Crippen molar-refractivity contribution in [2.24, 2.45) is 0 Å². The fourth-order valence-corrected chi connectivity index (χ4v) is 3.95. The quantitative estimate of drug-likeness (QED) is 0.466. The van der Waals surface area contributed by atoms with Crippen LogP contribution in [-0.2, 0) is 4.74 Å². The van der Waals surface area contributed by atoms with Crippen molar-refractivity contribution in [1.29, 1.82) is 0 Å². The van der Waals surface area contributed by atoms with E-state index in [0.29, 0.717) is 18.2 Å². The number of nitrogens with one attached hydrogen (secondary N) is 2. The van der Waals surface area contributed by atoms with Crippen LogP contribution in [0.2, 0.25) is 0 Å². The number of anilines is 2. The van der Waals surface area contributed by atoms with Gasteiger partial charge in [-0.05, 0) is 56.7 Å². The summed E-state index contributed by atoms with van der Waals surface area (Å²) in [5.74, 6) is 2.07. The Balaban J connectivity index is 1.39. The van der Waals surface area contributed by atoms with Crippen LogP contribution in [0.25, 0.3) is 16.6 Å². The molecule has 5 heterocycles. The summed E-state index contributed by atoms with van der Waals surface area (Å²) in [6.07, 6.45) is 5.33. The van der Waals surface area contributed by atoms with Crippen LogP contribution in [0.1, 0.15) is 19.5 Å². The summed E-state index contributed by atoms with van der Waals surface area (Å²) in [5.41, 5.74) is 3.67. The normalized spacial score (nSPS) is 17.7. The second kappa shape index (κ2) is 8.76. The molecule has 0 bridgehead atoms. The molecule has 1 aliphatic rings. The Morgan fingerprint density at radius 3 is 2.97 bits per heavy atom. The highest BCUT2D eigenvalue weighted by Gasteiger charge is 2.28. The van der Waals surface area contributed by atoms with Crippen LogP contribution in [0.3, 0.4) is 0 Å². The molecule has 0 amide bonds. The lowest BCUT2D eigenvalue weighted by molar-refractivity contribution is -0.106. The first kappa shape index (κ1) is 21.3. The van der Waals surface area contributed by atoms with Gasteiger partial charge in [0.2, 0.25) is 0 Å². The van der Waals surface area contributed by atoms with E-state index in [4.69, 9.17) is 9.47 Å². The zero-order valence-electron chi connectivity index (χ0n) is 18.9. The van der Waals surface area contributed by atoms with Crippen LogP contribution in [0.15, 0.2) is 55.0 Å². The van der Waals surface area contributed by atoms with Gasteiger partial charge in [0, 0.05) is 42.8 Å². The van der Waals surface area contributed by atoms with E-state index in [0.717, 1.165) is 41.2 Å². The van der Waals surface area contributed by atoms with Crippen molar-refractivity contribution in [1.82, 2.24) is 30.1 Å². The van der Waals surface area contributed by atoms with Crippen molar-refractivity contribution in [3.05, 3.63) is 60.7 Å². The summed E-state index contributed by atoms with van der Waals surface area (Å²) in [4.78, 5) is 4.45. The average molecular weight is 446 g/mol. The van der Waals surface area contributed by atoms with Gasteiger partial charge in [-0.25, -0.2) is 4.52 Å². The molecule has 9 heteroatoms. The molecule has 0 unspecified atom stereocenters. The minimum Gasteiger partial charge on any atom is -0.489 e. The molecule has 0 aromatic carbocycles. The summed E-state index contributed by atoms with van der Waals surface area (Å²) >= 11 is 0. The molecule has 33 heavy (non-hydrogen) atoms. The molecule has 4 aromatic heterocycles. The minimum absolute atomic E-state index is 0.0186. The number of fused-ring (bicyclic) bond motifs is 1. The highest BCUT2D eigenvalue weighted by atomic mass is 16.5. The van der Waals surface area contributed by atoms with E-state index in [2.05, 4.69) is 50.8 Å². The molecule has 170 valence electrons. The summed E-state index contributed by atoms with van der Waals surface area (Å²) < 4.78 is 14.2. The van der Waals surface area contributed by atoms with Crippen LogP contribution < -0.4 is 15.4 Å². The lowest BCUT2D eigenvalue weighted by Crippen LogP contribution is -2.52. The third-order valence-electron chi connectivity index (χ3n) is 5.44. The fourth-order valence-electron chi connectivity index (χ4n) is 3.95. The lowest BCUT2D eigenvalue weighted by atomic mass is 10.1. The highest BCUT2D eigenvalue weighted by molar-refractivity contribution is 5.75. The zero-order chi connectivity index (χ0) is 22.8. The SMILES string of the molecule is Cc1cc(-c2ccn3nc(Nc4cccnn4)cc3c2)c(OC[C@@H]2CNCC(C)(C)O2)cn1. The van der Waals surface area contributed by atoms with Gasteiger partial charge in [0.15, 0.2) is 11.6 Å². The first-order valence-corrected chi connectivity index (χ1v) is 11.0. The third kappa shape index (κ3) is 4.94. The van der Waals surface area contributed by atoms with Crippen LogP contribution in [0.4, 0.5) is 11.6 Å². The molecular formula is C24H27N7O2. The van der Waals surface area contributed by atoms with E-state index in [1.54, 1.807) is 12.4 Å². The monoisotopic (exact) mass is 445 g/mol.